The zero-order valence-corrected chi connectivity index (χ0v) is 13.6. The number of β-amino-alcohol motifs (C(OH)–C–C–N with tert-alkyl or cyclic N) is 1. The van der Waals surface area contributed by atoms with Crippen LogP contribution in [0.5, 0.6) is 0 Å². The molecule has 126 valence electrons. The van der Waals surface area contributed by atoms with Crippen molar-refractivity contribution in [3.05, 3.63) is 60.2 Å². The molecule has 1 fully saturated rings. The van der Waals surface area contributed by atoms with Crippen LogP contribution in [0.1, 0.15) is 17.7 Å². The number of nitrogens with zero attached hydrogens (tertiary/aromatic N) is 3. The van der Waals surface area contributed by atoms with Gasteiger partial charge in [0.2, 0.25) is 0 Å². The van der Waals surface area contributed by atoms with Crippen molar-refractivity contribution in [1.82, 2.24) is 14.5 Å². The molecule has 1 saturated heterocycles. The number of hydrogen-bond acceptors (Lipinski definition) is 4. The number of ether oxygens (including phenoxy) is 1. The molecule has 1 aliphatic heterocycles. The van der Waals surface area contributed by atoms with Crippen molar-refractivity contribution < 1.29 is 14.6 Å². The lowest BCUT2D eigenvalue weighted by Crippen LogP contribution is -2.35. The van der Waals surface area contributed by atoms with Gasteiger partial charge < -0.3 is 14.4 Å². The Morgan fingerprint density at radius 1 is 1.42 bits per heavy atom. The number of benzene rings is 1. The molecule has 24 heavy (non-hydrogen) atoms. The molecule has 1 N–H and O–H groups in total. The molecule has 2 atom stereocenters. The van der Waals surface area contributed by atoms with E-state index in [0.717, 1.165) is 11.3 Å². The number of aromatic nitrogens is 2. The molecule has 1 aromatic carbocycles. The van der Waals surface area contributed by atoms with Gasteiger partial charge >= 0.3 is 6.09 Å². The molecule has 0 aliphatic carbocycles. The quantitative estimate of drug-likeness (QED) is 0.935. The lowest BCUT2D eigenvalue weighted by Gasteiger charge is -2.21. The van der Waals surface area contributed by atoms with Gasteiger partial charge in [0.25, 0.3) is 0 Å². The maximum atomic E-state index is 12.3. The molecule has 3 rings (SSSR count). The van der Waals surface area contributed by atoms with Crippen molar-refractivity contribution in [2.75, 3.05) is 6.54 Å². The topological polar surface area (TPSA) is 67.6 Å². The lowest BCUT2D eigenvalue weighted by atomic mass is 10.2. The average molecular weight is 327 g/mol. The molecule has 6 heteroatoms. The fourth-order valence-corrected chi connectivity index (χ4v) is 2.78. The summed E-state index contributed by atoms with van der Waals surface area (Å²) in [4.78, 5) is 18.0. The molecule has 0 spiro atoms. The van der Waals surface area contributed by atoms with Crippen molar-refractivity contribution >= 4 is 12.2 Å². The molecular formula is C18H21N3O3. The van der Waals surface area contributed by atoms with Crippen LogP contribution < -0.4 is 0 Å². The van der Waals surface area contributed by atoms with Crippen LogP contribution in [0.2, 0.25) is 0 Å². The highest BCUT2D eigenvalue weighted by molar-refractivity contribution is 5.69. The number of hydrogen-bond donors (Lipinski definition) is 1. The van der Waals surface area contributed by atoms with Crippen LogP contribution in [0.25, 0.3) is 6.08 Å². The minimum Gasteiger partial charge on any atom is -0.445 e. The van der Waals surface area contributed by atoms with Crippen LogP contribution in [0.3, 0.4) is 0 Å². The van der Waals surface area contributed by atoms with Gasteiger partial charge in [-0.15, -0.1) is 0 Å². The Bertz CT molecular complexity index is 711. The monoisotopic (exact) mass is 327 g/mol. The summed E-state index contributed by atoms with van der Waals surface area (Å²) in [5, 5.41) is 9.92. The van der Waals surface area contributed by atoms with E-state index in [-0.39, 0.29) is 19.2 Å². The van der Waals surface area contributed by atoms with E-state index in [1.807, 2.05) is 54.1 Å². The maximum absolute atomic E-state index is 12.3. The molecule has 2 unspecified atom stereocenters. The van der Waals surface area contributed by atoms with E-state index in [1.54, 1.807) is 17.4 Å². The first-order chi connectivity index (χ1) is 11.6. The van der Waals surface area contributed by atoms with Crippen LogP contribution in [0.4, 0.5) is 4.79 Å². The largest absolute Gasteiger partial charge is 0.445 e. The van der Waals surface area contributed by atoms with E-state index in [9.17, 15) is 9.90 Å². The first kappa shape index (κ1) is 16.3. The fourth-order valence-electron chi connectivity index (χ4n) is 2.78. The molecule has 2 aromatic rings. The molecule has 0 bridgehead atoms. The highest BCUT2D eigenvalue weighted by Crippen LogP contribution is 2.21. The molecule has 1 aliphatic rings. The Labute approximate surface area is 141 Å². The molecule has 2 heterocycles. The van der Waals surface area contributed by atoms with Crippen molar-refractivity contribution in [2.24, 2.45) is 7.05 Å². The second-order valence-electron chi connectivity index (χ2n) is 5.94. The van der Waals surface area contributed by atoms with Gasteiger partial charge in [-0.05, 0) is 18.1 Å². The van der Waals surface area contributed by atoms with Gasteiger partial charge in [-0.2, -0.15) is 0 Å². The molecular weight excluding hydrogens is 306 g/mol. The number of imidazole rings is 1. The SMILES string of the molecule is Cn1cncc1C=CC1CC(O)CN1C(=O)OCc1ccccc1. The summed E-state index contributed by atoms with van der Waals surface area (Å²) in [6, 6.07) is 9.36. The summed E-state index contributed by atoms with van der Waals surface area (Å²) in [6.45, 7) is 0.512. The second kappa shape index (κ2) is 7.31. The van der Waals surface area contributed by atoms with Crippen molar-refractivity contribution in [1.29, 1.82) is 0 Å². The van der Waals surface area contributed by atoms with Crippen molar-refractivity contribution in [2.45, 2.75) is 25.2 Å². The Morgan fingerprint density at radius 2 is 2.21 bits per heavy atom. The van der Waals surface area contributed by atoms with Crippen molar-refractivity contribution in [3.63, 3.8) is 0 Å². The number of likely N-dealkylation sites (tertiary alicyclic amines) is 1. The van der Waals surface area contributed by atoms with E-state index in [4.69, 9.17) is 4.74 Å². The number of amides is 1. The standard InChI is InChI=1S/C18H21N3O3/c1-20-13-19-10-16(20)8-7-15-9-17(22)11-21(15)18(23)24-12-14-5-3-2-4-6-14/h2-8,10,13,15,17,22H,9,11-12H2,1H3. The summed E-state index contributed by atoms with van der Waals surface area (Å²) < 4.78 is 7.26. The first-order valence-corrected chi connectivity index (χ1v) is 7.93. The van der Waals surface area contributed by atoms with E-state index in [2.05, 4.69) is 4.98 Å². The first-order valence-electron chi connectivity index (χ1n) is 7.93. The van der Waals surface area contributed by atoms with Gasteiger partial charge in [0, 0.05) is 7.05 Å². The zero-order chi connectivity index (χ0) is 16.9. The number of aliphatic hydroxyl groups excluding tert-OH is 1. The average Bonchev–Trinajstić information content (AvgIpc) is 3.17. The van der Waals surface area contributed by atoms with Gasteiger partial charge in [0.15, 0.2) is 0 Å². The summed E-state index contributed by atoms with van der Waals surface area (Å²) >= 11 is 0. The summed E-state index contributed by atoms with van der Waals surface area (Å²) in [7, 11) is 1.90. The highest BCUT2D eigenvalue weighted by atomic mass is 16.6. The normalized spacial score (nSPS) is 20.7. The number of carbonyl (C=O) groups excluding carboxylic acids is 1. The van der Waals surface area contributed by atoms with Gasteiger partial charge in [-0.3, -0.25) is 4.90 Å². The minimum atomic E-state index is -0.532. The van der Waals surface area contributed by atoms with Gasteiger partial charge in [0.1, 0.15) is 6.61 Å². The predicted molar refractivity (Wildman–Crippen MR) is 90.0 cm³/mol. The van der Waals surface area contributed by atoms with Crippen LogP contribution in [0.15, 0.2) is 48.9 Å². The smallest absolute Gasteiger partial charge is 0.410 e. The van der Waals surface area contributed by atoms with E-state index < -0.39 is 12.2 Å². The van der Waals surface area contributed by atoms with Crippen LogP contribution in [-0.4, -0.2) is 44.3 Å². The van der Waals surface area contributed by atoms with Gasteiger partial charge in [-0.1, -0.05) is 36.4 Å². The summed E-state index contributed by atoms with van der Waals surface area (Å²) in [5.41, 5.74) is 1.88. The Balaban J connectivity index is 1.63. The molecule has 0 saturated carbocycles. The third-order valence-corrected chi connectivity index (χ3v) is 4.10. The number of aryl methyl sites for hydroxylation is 1. The van der Waals surface area contributed by atoms with Crippen LogP contribution in [-0.2, 0) is 18.4 Å². The van der Waals surface area contributed by atoms with Crippen molar-refractivity contribution in [3.8, 4) is 0 Å². The Morgan fingerprint density at radius 3 is 2.92 bits per heavy atom. The third-order valence-electron chi connectivity index (χ3n) is 4.10. The minimum absolute atomic E-state index is 0.182. The molecule has 1 aromatic heterocycles. The second-order valence-corrected chi connectivity index (χ2v) is 5.94. The summed E-state index contributed by atoms with van der Waals surface area (Å²) in [5.74, 6) is 0. The number of carbonyl (C=O) groups is 1. The van der Waals surface area contributed by atoms with E-state index in [0.29, 0.717) is 6.42 Å². The Hall–Kier alpha value is -2.60. The Kier molecular flexibility index (Phi) is 4.96. The predicted octanol–water partition coefficient (Wildman–Crippen LogP) is 2.21. The summed E-state index contributed by atoms with van der Waals surface area (Å²) in [6.07, 6.45) is 6.86. The third kappa shape index (κ3) is 3.83. The van der Waals surface area contributed by atoms with Gasteiger partial charge in [-0.25, -0.2) is 9.78 Å². The fraction of sp³-hybridized carbons (Fsp3) is 0.333. The van der Waals surface area contributed by atoms with Crippen LogP contribution in [0, 0.1) is 0 Å². The number of rotatable bonds is 4. The van der Waals surface area contributed by atoms with E-state index in [1.165, 1.54) is 0 Å². The van der Waals surface area contributed by atoms with Gasteiger partial charge in [0.05, 0.1) is 36.9 Å². The maximum Gasteiger partial charge on any atom is 0.410 e. The van der Waals surface area contributed by atoms with E-state index >= 15 is 0 Å². The lowest BCUT2D eigenvalue weighted by molar-refractivity contribution is 0.0920. The van der Waals surface area contributed by atoms with Crippen LogP contribution >= 0.6 is 0 Å². The molecule has 1 amide bonds. The number of aliphatic hydroxyl groups is 1. The zero-order valence-electron chi connectivity index (χ0n) is 13.6. The molecule has 6 nitrogen and oxygen atoms in total. The molecule has 0 radical (unpaired) electrons. The highest BCUT2D eigenvalue weighted by Gasteiger charge is 2.33.